The molecule has 1 saturated heterocycles. The first kappa shape index (κ1) is 22.4. The molecule has 34 heavy (non-hydrogen) atoms. The fourth-order valence-electron chi connectivity index (χ4n) is 4.29. The van der Waals surface area contributed by atoms with E-state index in [0.717, 1.165) is 15.0 Å². The third kappa shape index (κ3) is 3.72. The van der Waals surface area contributed by atoms with Gasteiger partial charge in [-0.25, -0.2) is 4.79 Å². The summed E-state index contributed by atoms with van der Waals surface area (Å²) in [5, 5.41) is 2.48. The minimum Gasteiger partial charge on any atom is -0.339 e. The Morgan fingerprint density at radius 3 is 2.44 bits per heavy atom. The Kier molecular flexibility index (Phi) is 5.78. The van der Waals surface area contributed by atoms with Gasteiger partial charge in [0.15, 0.2) is 11.2 Å². The van der Waals surface area contributed by atoms with Crippen molar-refractivity contribution in [2.24, 2.45) is 14.1 Å². The van der Waals surface area contributed by atoms with E-state index in [9.17, 15) is 14.4 Å². The molecular weight excluding hydrogens is 476 g/mol. The van der Waals surface area contributed by atoms with Gasteiger partial charge >= 0.3 is 5.69 Å². The minimum atomic E-state index is -0.433. The first-order valence-electron chi connectivity index (χ1n) is 10.8. The predicted octanol–water partition coefficient (Wildman–Crippen LogP) is 2.16. The van der Waals surface area contributed by atoms with Crippen LogP contribution in [0.5, 0.6) is 0 Å². The van der Waals surface area contributed by atoms with Crippen molar-refractivity contribution in [3.8, 4) is 0 Å². The summed E-state index contributed by atoms with van der Waals surface area (Å²) in [5.74, 6) is 0.604. The van der Waals surface area contributed by atoms with Crippen LogP contribution in [0, 0.1) is 0 Å². The molecule has 1 aromatic carbocycles. The number of fused-ring (bicyclic) bond motifs is 1. The number of piperazine rings is 1. The van der Waals surface area contributed by atoms with Crippen molar-refractivity contribution in [2.75, 3.05) is 31.1 Å². The number of benzene rings is 1. The van der Waals surface area contributed by atoms with Crippen LogP contribution in [0.2, 0.25) is 5.02 Å². The number of halogens is 1. The Morgan fingerprint density at radius 2 is 1.76 bits per heavy atom. The fourth-order valence-corrected chi connectivity index (χ4v) is 5.18. The second-order valence-corrected chi connectivity index (χ2v) is 9.58. The van der Waals surface area contributed by atoms with Crippen LogP contribution in [-0.4, -0.2) is 55.7 Å². The first-order valence-corrected chi connectivity index (χ1v) is 12.1. The Labute approximate surface area is 204 Å². The first-order chi connectivity index (χ1) is 16.4. The Bertz CT molecular complexity index is 1500. The summed E-state index contributed by atoms with van der Waals surface area (Å²) >= 11 is 7.86. The number of hydrogen-bond donors (Lipinski definition) is 0. The maximum atomic E-state index is 13.2. The van der Waals surface area contributed by atoms with Crippen LogP contribution in [0.4, 0.5) is 5.95 Å². The molecule has 11 heteroatoms. The lowest BCUT2D eigenvalue weighted by Crippen LogP contribution is -2.49. The number of rotatable bonds is 4. The van der Waals surface area contributed by atoms with Crippen molar-refractivity contribution >= 4 is 46.0 Å². The van der Waals surface area contributed by atoms with Crippen LogP contribution in [0.1, 0.15) is 15.2 Å². The average molecular weight is 499 g/mol. The predicted molar refractivity (Wildman–Crippen MR) is 133 cm³/mol. The van der Waals surface area contributed by atoms with E-state index in [-0.39, 0.29) is 5.91 Å². The number of aryl methyl sites for hydroxylation is 1. The summed E-state index contributed by atoms with van der Waals surface area (Å²) in [6, 6.07) is 11.2. The zero-order valence-corrected chi connectivity index (χ0v) is 20.3. The second-order valence-electron chi connectivity index (χ2n) is 8.22. The van der Waals surface area contributed by atoms with Gasteiger partial charge in [-0.2, -0.15) is 4.98 Å². The van der Waals surface area contributed by atoms with Gasteiger partial charge in [0.25, 0.3) is 11.5 Å². The molecule has 4 heterocycles. The average Bonchev–Trinajstić information content (AvgIpc) is 3.51. The van der Waals surface area contributed by atoms with Crippen LogP contribution in [0.25, 0.3) is 11.2 Å². The molecule has 9 nitrogen and oxygen atoms in total. The number of carbonyl (C=O) groups excluding carboxylic acids is 1. The molecule has 1 aliphatic heterocycles. The number of nitrogens with zero attached hydrogens (tertiary/aromatic N) is 6. The van der Waals surface area contributed by atoms with Crippen molar-refractivity contribution in [1.82, 2.24) is 23.6 Å². The quantitative estimate of drug-likeness (QED) is 0.430. The fraction of sp³-hybridized carbons (Fsp3) is 0.304. The minimum absolute atomic E-state index is 0.0236. The molecule has 0 radical (unpaired) electrons. The van der Waals surface area contributed by atoms with E-state index in [1.807, 2.05) is 45.2 Å². The van der Waals surface area contributed by atoms with Gasteiger partial charge in [0.05, 0.1) is 11.4 Å². The van der Waals surface area contributed by atoms with Gasteiger partial charge in [-0.15, -0.1) is 11.3 Å². The van der Waals surface area contributed by atoms with Gasteiger partial charge in [-0.05, 0) is 23.1 Å². The monoisotopic (exact) mass is 498 g/mol. The van der Waals surface area contributed by atoms with E-state index in [0.29, 0.717) is 54.9 Å². The van der Waals surface area contributed by atoms with Crippen molar-refractivity contribution in [3.05, 3.63) is 78.1 Å². The SMILES string of the molecule is Cn1c(=O)c2c(nc(N3CCN(C(=O)c4cccs4)CC3)n2Cc2ccccc2Cl)n(C)c1=O. The Hall–Kier alpha value is -3.37. The highest BCUT2D eigenvalue weighted by Crippen LogP contribution is 2.25. The number of anilines is 1. The number of thiophene rings is 1. The third-order valence-electron chi connectivity index (χ3n) is 6.20. The summed E-state index contributed by atoms with van der Waals surface area (Å²) in [7, 11) is 3.07. The highest BCUT2D eigenvalue weighted by molar-refractivity contribution is 7.12. The van der Waals surface area contributed by atoms with Gasteiger partial charge < -0.3 is 9.80 Å². The standard InChI is InChI=1S/C23H23ClN6O3S/c1-26-19-18(21(32)27(2)23(26)33)30(14-15-6-3-4-7-16(15)24)22(25-19)29-11-9-28(10-12-29)20(31)17-8-5-13-34-17/h3-8,13H,9-12,14H2,1-2H3. The van der Waals surface area contributed by atoms with Crippen molar-refractivity contribution < 1.29 is 4.79 Å². The summed E-state index contributed by atoms with van der Waals surface area (Å²) in [6.07, 6.45) is 0. The Morgan fingerprint density at radius 1 is 1.03 bits per heavy atom. The number of hydrogen-bond acceptors (Lipinski definition) is 6. The lowest BCUT2D eigenvalue weighted by atomic mass is 10.2. The number of aromatic nitrogens is 4. The highest BCUT2D eigenvalue weighted by atomic mass is 35.5. The maximum absolute atomic E-state index is 13.2. The van der Waals surface area contributed by atoms with Crippen molar-refractivity contribution in [1.29, 1.82) is 0 Å². The van der Waals surface area contributed by atoms with Crippen LogP contribution < -0.4 is 16.1 Å². The largest absolute Gasteiger partial charge is 0.339 e. The van der Waals surface area contributed by atoms with Crippen LogP contribution in [0.15, 0.2) is 51.4 Å². The summed E-state index contributed by atoms with van der Waals surface area (Å²) in [4.78, 5) is 47.8. The third-order valence-corrected chi connectivity index (χ3v) is 7.42. The topological polar surface area (TPSA) is 85.4 Å². The van der Waals surface area contributed by atoms with Gasteiger partial charge in [0.1, 0.15) is 0 Å². The Balaban J connectivity index is 1.56. The van der Waals surface area contributed by atoms with E-state index < -0.39 is 11.2 Å². The number of amides is 1. The van der Waals surface area contributed by atoms with E-state index in [1.54, 1.807) is 13.1 Å². The highest BCUT2D eigenvalue weighted by Gasteiger charge is 2.28. The molecule has 0 spiro atoms. The molecule has 5 rings (SSSR count). The van der Waals surface area contributed by atoms with Crippen LogP contribution in [0.3, 0.4) is 0 Å². The molecule has 1 aliphatic rings. The number of imidazole rings is 1. The smallest absolute Gasteiger partial charge is 0.332 e. The lowest BCUT2D eigenvalue weighted by Gasteiger charge is -2.35. The molecule has 176 valence electrons. The normalized spacial score (nSPS) is 14.2. The van der Waals surface area contributed by atoms with Crippen LogP contribution >= 0.6 is 22.9 Å². The van der Waals surface area contributed by atoms with Crippen molar-refractivity contribution in [2.45, 2.75) is 6.54 Å². The molecule has 0 bridgehead atoms. The molecule has 1 fully saturated rings. The molecule has 0 N–H and O–H groups in total. The van der Waals surface area contributed by atoms with E-state index in [2.05, 4.69) is 4.90 Å². The molecule has 3 aromatic heterocycles. The molecule has 4 aromatic rings. The summed E-state index contributed by atoms with van der Waals surface area (Å²) < 4.78 is 4.31. The molecule has 0 saturated carbocycles. The van der Waals surface area contributed by atoms with E-state index >= 15 is 0 Å². The van der Waals surface area contributed by atoms with Crippen molar-refractivity contribution in [3.63, 3.8) is 0 Å². The zero-order valence-electron chi connectivity index (χ0n) is 18.8. The molecule has 0 atom stereocenters. The van der Waals surface area contributed by atoms with Gasteiger partial charge in [0, 0.05) is 45.3 Å². The van der Waals surface area contributed by atoms with Gasteiger partial charge in [-0.1, -0.05) is 35.9 Å². The van der Waals surface area contributed by atoms with E-state index in [1.165, 1.54) is 23.0 Å². The molecular formula is C23H23ClN6O3S. The molecule has 1 amide bonds. The summed E-state index contributed by atoms with van der Waals surface area (Å²) in [6.45, 7) is 2.49. The van der Waals surface area contributed by atoms with Gasteiger partial charge in [0.2, 0.25) is 5.95 Å². The second kappa shape index (κ2) is 8.77. The number of carbonyl (C=O) groups is 1. The zero-order chi connectivity index (χ0) is 24.0. The molecule has 0 aliphatic carbocycles. The lowest BCUT2D eigenvalue weighted by molar-refractivity contribution is 0.0751. The maximum Gasteiger partial charge on any atom is 0.332 e. The molecule has 0 unspecified atom stereocenters. The van der Waals surface area contributed by atoms with Crippen LogP contribution in [-0.2, 0) is 20.6 Å². The van der Waals surface area contributed by atoms with E-state index in [4.69, 9.17) is 16.6 Å². The summed E-state index contributed by atoms with van der Waals surface area (Å²) in [5.41, 5.74) is 0.671. The van der Waals surface area contributed by atoms with Gasteiger partial charge in [-0.3, -0.25) is 23.3 Å².